The van der Waals surface area contributed by atoms with Crippen molar-refractivity contribution in [3.63, 3.8) is 0 Å². The van der Waals surface area contributed by atoms with Crippen molar-refractivity contribution in [2.45, 2.75) is 50.3 Å². The lowest BCUT2D eigenvalue weighted by Crippen LogP contribution is -2.09. The smallest absolute Gasteiger partial charge is 0.335 e. The molecule has 0 saturated carbocycles. The highest BCUT2D eigenvalue weighted by Gasteiger charge is 2.15. The number of carbonyl (C=O) groups is 1. The summed E-state index contributed by atoms with van der Waals surface area (Å²) in [6.45, 7) is 8.33. The van der Waals surface area contributed by atoms with Gasteiger partial charge in [0.2, 0.25) is 0 Å². The van der Waals surface area contributed by atoms with E-state index < -0.39 is 5.97 Å². The first kappa shape index (κ1) is 14.0. The Balaban J connectivity index is 3.07. The molecule has 94 valence electrons. The van der Waals surface area contributed by atoms with Crippen LogP contribution in [0, 0.1) is 0 Å². The highest BCUT2D eigenvalue weighted by atomic mass is 32.2. The zero-order valence-electron chi connectivity index (χ0n) is 10.8. The van der Waals surface area contributed by atoms with Gasteiger partial charge in [-0.1, -0.05) is 34.1 Å². The largest absolute Gasteiger partial charge is 0.478 e. The van der Waals surface area contributed by atoms with Crippen molar-refractivity contribution >= 4 is 17.7 Å². The number of nitrogens with zero attached hydrogens (tertiary/aromatic N) is 1. The van der Waals surface area contributed by atoms with E-state index in [9.17, 15) is 4.79 Å². The maximum absolute atomic E-state index is 11.0. The van der Waals surface area contributed by atoms with Crippen LogP contribution in [0.15, 0.2) is 17.2 Å². The molecule has 0 saturated heterocycles. The van der Waals surface area contributed by atoms with Crippen molar-refractivity contribution in [1.29, 1.82) is 0 Å². The first-order chi connectivity index (χ1) is 7.81. The molecular formula is C13H19NO2S. The van der Waals surface area contributed by atoms with Gasteiger partial charge in [-0.25, -0.2) is 9.78 Å². The van der Waals surface area contributed by atoms with Gasteiger partial charge in [0.25, 0.3) is 0 Å². The van der Waals surface area contributed by atoms with E-state index in [0.717, 1.165) is 23.6 Å². The molecule has 0 spiro atoms. The van der Waals surface area contributed by atoms with Crippen LogP contribution in [0.3, 0.4) is 0 Å². The first-order valence-electron chi connectivity index (χ1n) is 5.75. The summed E-state index contributed by atoms with van der Waals surface area (Å²) in [6.07, 6.45) is 1.79. The van der Waals surface area contributed by atoms with E-state index in [1.807, 2.05) is 0 Å². The lowest BCUT2D eigenvalue weighted by atomic mass is 10.2. The van der Waals surface area contributed by atoms with E-state index in [1.165, 1.54) is 0 Å². The van der Waals surface area contributed by atoms with E-state index in [4.69, 9.17) is 5.11 Å². The zero-order chi connectivity index (χ0) is 13.1. The highest BCUT2D eigenvalue weighted by Crippen LogP contribution is 2.31. The number of carboxylic acids is 1. The molecule has 3 nitrogen and oxygen atoms in total. The molecule has 1 N–H and O–H groups in total. The SMILES string of the molecule is CCCc1cc(C(=O)O)cc(SC(C)(C)C)n1. The van der Waals surface area contributed by atoms with Gasteiger partial charge < -0.3 is 5.11 Å². The molecule has 1 heterocycles. The van der Waals surface area contributed by atoms with Crippen LogP contribution in [0.1, 0.15) is 50.2 Å². The van der Waals surface area contributed by atoms with Gasteiger partial charge in [0.15, 0.2) is 0 Å². The molecule has 0 aliphatic carbocycles. The van der Waals surface area contributed by atoms with Gasteiger partial charge >= 0.3 is 5.97 Å². The second-order valence-corrected chi connectivity index (χ2v) is 6.80. The molecule has 0 amide bonds. The molecule has 1 rings (SSSR count). The predicted molar refractivity (Wildman–Crippen MR) is 70.8 cm³/mol. The Bertz CT molecular complexity index is 410. The van der Waals surface area contributed by atoms with E-state index in [2.05, 4.69) is 32.7 Å². The summed E-state index contributed by atoms with van der Waals surface area (Å²) in [5.41, 5.74) is 1.19. The Kier molecular flexibility index (Phi) is 4.57. The number of hydrogen-bond acceptors (Lipinski definition) is 3. The van der Waals surface area contributed by atoms with Gasteiger partial charge in [0.05, 0.1) is 10.6 Å². The predicted octanol–water partition coefficient (Wildman–Crippen LogP) is 3.62. The van der Waals surface area contributed by atoms with E-state index >= 15 is 0 Å². The van der Waals surface area contributed by atoms with E-state index in [-0.39, 0.29) is 4.75 Å². The summed E-state index contributed by atoms with van der Waals surface area (Å²) >= 11 is 1.60. The molecule has 0 bridgehead atoms. The lowest BCUT2D eigenvalue weighted by molar-refractivity contribution is 0.0696. The Morgan fingerprint density at radius 1 is 1.41 bits per heavy atom. The first-order valence-corrected chi connectivity index (χ1v) is 6.57. The third-order valence-corrected chi connectivity index (χ3v) is 3.05. The van der Waals surface area contributed by atoms with Crippen molar-refractivity contribution in [3.8, 4) is 0 Å². The number of thioether (sulfide) groups is 1. The van der Waals surface area contributed by atoms with Gasteiger partial charge in [-0.2, -0.15) is 0 Å². The van der Waals surface area contributed by atoms with Gasteiger partial charge in [-0.15, -0.1) is 11.8 Å². The van der Waals surface area contributed by atoms with Crippen molar-refractivity contribution < 1.29 is 9.90 Å². The molecule has 1 aromatic heterocycles. The summed E-state index contributed by atoms with van der Waals surface area (Å²) in [5, 5.41) is 9.86. The topological polar surface area (TPSA) is 50.2 Å². The molecule has 4 heteroatoms. The highest BCUT2D eigenvalue weighted by molar-refractivity contribution is 8.00. The van der Waals surface area contributed by atoms with Gasteiger partial charge in [-0.05, 0) is 18.6 Å². The number of rotatable bonds is 4. The van der Waals surface area contributed by atoms with Crippen LogP contribution in [-0.4, -0.2) is 20.8 Å². The fourth-order valence-electron chi connectivity index (χ4n) is 1.43. The van der Waals surface area contributed by atoms with Crippen LogP contribution in [0.25, 0.3) is 0 Å². The Hall–Kier alpha value is -1.03. The molecule has 0 radical (unpaired) electrons. The third kappa shape index (κ3) is 4.77. The average Bonchev–Trinajstić information content (AvgIpc) is 2.14. The number of hydrogen-bond donors (Lipinski definition) is 1. The molecule has 1 aromatic rings. The quantitative estimate of drug-likeness (QED) is 0.833. The van der Waals surface area contributed by atoms with Crippen molar-refractivity contribution in [1.82, 2.24) is 4.98 Å². The summed E-state index contributed by atoms with van der Waals surface area (Å²) < 4.78 is 0.0353. The molecule has 0 aliphatic heterocycles. The number of carboxylic acid groups (broad SMARTS) is 1. The summed E-state index contributed by atoms with van der Waals surface area (Å²) in [4.78, 5) is 15.5. The maximum Gasteiger partial charge on any atom is 0.335 e. The average molecular weight is 253 g/mol. The molecule has 17 heavy (non-hydrogen) atoms. The van der Waals surface area contributed by atoms with Gasteiger partial charge in [0, 0.05) is 10.4 Å². The van der Waals surface area contributed by atoms with Crippen LogP contribution in [-0.2, 0) is 6.42 Å². The standard InChI is InChI=1S/C13H19NO2S/c1-5-6-10-7-9(12(15)16)8-11(14-10)17-13(2,3)4/h7-8H,5-6H2,1-4H3,(H,15,16). The minimum atomic E-state index is -0.888. The fourth-order valence-corrected chi connectivity index (χ4v) is 2.41. The number of pyridine rings is 1. The van der Waals surface area contributed by atoms with E-state index in [0.29, 0.717) is 5.56 Å². The van der Waals surface area contributed by atoms with E-state index in [1.54, 1.807) is 23.9 Å². The Morgan fingerprint density at radius 2 is 2.06 bits per heavy atom. The number of aromatic nitrogens is 1. The number of aromatic carboxylic acids is 1. The van der Waals surface area contributed by atoms with Gasteiger partial charge in [0.1, 0.15) is 0 Å². The third-order valence-electron chi connectivity index (χ3n) is 2.02. The Labute approximate surface area is 107 Å². The van der Waals surface area contributed by atoms with Crippen molar-refractivity contribution in [2.75, 3.05) is 0 Å². The fraction of sp³-hybridized carbons (Fsp3) is 0.538. The summed E-state index contributed by atoms with van der Waals surface area (Å²) in [6, 6.07) is 3.32. The zero-order valence-corrected chi connectivity index (χ0v) is 11.6. The molecule has 0 aromatic carbocycles. The maximum atomic E-state index is 11.0. The second-order valence-electron chi connectivity index (χ2n) is 4.95. The van der Waals surface area contributed by atoms with Crippen LogP contribution in [0.5, 0.6) is 0 Å². The number of aryl methyl sites for hydroxylation is 1. The van der Waals surface area contributed by atoms with Crippen LogP contribution in [0.4, 0.5) is 0 Å². The van der Waals surface area contributed by atoms with Crippen LogP contribution in [0.2, 0.25) is 0 Å². The molecule has 0 atom stereocenters. The summed E-state index contributed by atoms with van der Waals surface area (Å²) in [7, 11) is 0. The second kappa shape index (κ2) is 5.54. The van der Waals surface area contributed by atoms with Crippen LogP contribution >= 0.6 is 11.8 Å². The van der Waals surface area contributed by atoms with Crippen molar-refractivity contribution in [3.05, 3.63) is 23.4 Å². The monoisotopic (exact) mass is 253 g/mol. The minimum absolute atomic E-state index is 0.0353. The van der Waals surface area contributed by atoms with Crippen LogP contribution < -0.4 is 0 Å². The Morgan fingerprint density at radius 3 is 2.53 bits per heavy atom. The molecule has 0 aliphatic rings. The lowest BCUT2D eigenvalue weighted by Gasteiger charge is -2.17. The normalized spacial score (nSPS) is 11.5. The van der Waals surface area contributed by atoms with Gasteiger partial charge in [-0.3, -0.25) is 0 Å². The van der Waals surface area contributed by atoms with Crippen molar-refractivity contribution in [2.24, 2.45) is 0 Å². The molecular weight excluding hydrogens is 234 g/mol. The minimum Gasteiger partial charge on any atom is -0.478 e. The molecule has 0 unspecified atom stereocenters. The summed E-state index contributed by atoms with van der Waals surface area (Å²) in [5.74, 6) is -0.888. The molecule has 0 fully saturated rings.